The minimum absolute atomic E-state index is 0.0655. The fourth-order valence-electron chi connectivity index (χ4n) is 9.01. The van der Waals surface area contributed by atoms with E-state index in [1.807, 2.05) is 49.8 Å². The number of methoxy groups -OCH3 is 2. The molecule has 3 aliphatic rings. The van der Waals surface area contributed by atoms with Crippen LogP contribution in [-0.4, -0.2) is 93.1 Å². The Bertz CT molecular complexity index is 2440. The Morgan fingerprint density at radius 1 is 0.817 bits per heavy atom. The quantitative estimate of drug-likeness (QED) is 0.105. The van der Waals surface area contributed by atoms with E-state index in [9.17, 15) is 19.2 Å². The first kappa shape index (κ1) is 40.7. The maximum atomic E-state index is 13.9. The molecule has 15 nitrogen and oxygen atoms in total. The zero-order chi connectivity index (χ0) is 42.2. The van der Waals surface area contributed by atoms with Crippen molar-refractivity contribution in [2.75, 3.05) is 27.3 Å². The third-order valence-corrected chi connectivity index (χ3v) is 12.9. The predicted octanol–water partition coefficient (Wildman–Crippen LogP) is 7.53. The Morgan fingerprint density at radius 2 is 1.45 bits per heavy atom. The summed E-state index contributed by atoms with van der Waals surface area (Å²) in [6.45, 7) is 9.47. The van der Waals surface area contributed by atoms with Gasteiger partial charge in [-0.2, -0.15) is 0 Å². The Labute approximate surface area is 348 Å². The van der Waals surface area contributed by atoms with Gasteiger partial charge in [-0.1, -0.05) is 58.7 Å². The average Bonchev–Trinajstić information content (AvgIpc) is 4.12. The number of ether oxygens (including phenoxy) is 3. The molecule has 0 saturated carbocycles. The number of imidazole rings is 2. The third kappa shape index (κ3) is 7.49. The van der Waals surface area contributed by atoms with E-state index in [1.54, 1.807) is 0 Å². The number of hydrogen-bond acceptors (Lipinski definition) is 9. The molecule has 5 aromatic rings. The van der Waals surface area contributed by atoms with Gasteiger partial charge in [0, 0.05) is 24.0 Å². The van der Waals surface area contributed by atoms with Crippen molar-refractivity contribution in [3.8, 4) is 28.1 Å². The van der Waals surface area contributed by atoms with Crippen LogP contribution in [-0.2, 0) is 25.7 Å². The second kappa shape index (κ2) is 16.9. The van der Waals surface area contributed by atoms with Crippen molar-refractivity contribution in [1.29, 1.82) is 0 Å². The number of carbonyl (C=O) groups is 4. The topological polar surface area (TPSA) is 184 Å². The zero-order valence-electron chi connectivity index (χ0n) is 35.1. The summed E-state index contributed by atoms with van der Waals surface area (Å²) >= 11 is 0. The molecule has 0 aliphatic carbocycles. The van der Waals surface area contributed by atoms with Gasteiger partial charge in [-0.15, -0.1) is 0 Å². The van der Waals surface area contributed by atoms with E-state index in [2.05, 4.69) is 57.0 Å². The van der Waals surface area contributed by atoms with Crippen molar-refractivity contribution in [1.82, 2.24) is 40.4 Å². The molecular formula is C45H54N8O7. The summed E-state index contributed by atoms with van der Waals surface area (Å²) in [5.41, 5.74) is 6.62. The van der Waals surface area contributed by atoms with Crippen LogP contribution in [0.1, 0.15) is 95.5 Å². The van der Waals surface area contributed by atoms with Crippen LogP contribution in [0.5, 0.6) is 5.75 Å². The van der Waals surface area contributed by atoms with Crippen molar-refractivity contribution < 1.29 is 33.4 Å². The molecule has 2 saturated heterocycles. The van der Waals surface area contributed by atoms with E-state index < -0.39 is 24.3 Å². The number of hydrogen-bond donors (Lipinski definition) is 4. The van der Waals surface area contributed by atoms with Crippen LogP contribution in [0.2, 0.25) is 0 Å². The van der Waals surface area contributed by atoms with Crippen molar-refractivity contribution in [3.63, 3.8) is 0 Å². The number of fused-ring (bicyclic) bond motifs is 6. The van der Waals surface area contributed by atoms with Gasteiger partial charge in [-0.3, -0.25) is 9.59 Å². The number of aromatic amines is 2. The number of rotatable bonds is 11. The smallest absolute Gasteiger partial charge is 0.407 e. The van der Waals surface area contributed by atoms with E-state index in [0.29, 0.717) is 25.5 Å². The third-order valence-electron chi connectivity index (χ3n) is 12.9. The average molecular weight is 819 g/mol. The number of aromatic nitrogens is 4. The van der Waals surface area contributed by atoms with Crippen LogP contribution >= 0.6 is 0 Å². The predicted molar refractivity (Wildman–Crippen MR) is 226 cm³/mol. The van der Waals surface area contributed by atoms with Crippen LogP contribution in [0.3, 0.4) is 0 Å². The molecule has 8 rings (SSSR count). The second-order valence-electron chi connectivity index (χ2n) is 16.4. The van der Waals surface area contributed by atoms with Gasteiger partial charge in [0.25, 0.3) is 0 Å². The number of carbonyl (C=O) groups excluding carboxylic acids is 4. The fraction of sp³-hybridized carbons (Fsp3) is 0.467. The largest absolute Gasteiger partial charge is 0.488 e. The molecule has 0 bridgehead atoms. The number of benzene rings is 3. The molecule has 3 aromatic carbocycles. The normalized spacial score (nSPS) is 19.2. The lowest BCUT2D eigenvalue weighted by atomic mass is 9.92. The Hall–Kier alpha value is -6.12. The van der Waals surface area contributed by atoms with E-state index in [4.69, 9.17) is 24.2 Å². The lowest BCUT2D eigenvalue weighted by Gasteiger charge is -2.30. The number of likely N-dealkylation sites (tertiary alicyclic amines) is 2. The molecule has 15 heteroatoms. The zero-order valence-corrected chi connectivity index (χ0v) is 35.1. The van der Waals surface area contributed by atoms with E-state index in [0.717, 1.165) is 99.9 Å². The molecule has 4 N–H and O–H groups in total. The lowest BCUT2D eigenvalue weighted by Crippen LogP contribution is -2.51. The number of alkyl carbamates (subject to hydrolysis) is 2. The minimum Gasteiger partial charge on any atom is -0.488 e. The van der Waals surface area contributed by atoms with Crippen molar-refractivity contribution in [3.05, 3.63) is 65.9 Å². The van der Waals surface area contributed by atoms with Gasteiger partial charge in [0.2, 0.25) is 11.8 Å². The Kier molecular flexibility index (Phi) is 11.4. The van der Waals surface area contributed by atoms with Crippen LogP contribution in [0.4, 0.5) is 9.59 Å². The number of nitrogens with zero attached hydrogens (tertiary/aromatic N) is 4. The van der Waals surface area contributed by atoms with E-state index in [-0.39, 0.29) is 35.7 Å². The standard InChI is InChI=1S/C45H54N8O7/c1-7-24(3)37(50-44(56)58-5)42(54)52-17-9-11-34(52)40-46-22-33(48-40)27-13-15-29-28(19-27)23-60-36-21-30-26(20-31(29)36)14-16-32-39(30)49-41(47-32)35-12-10-18-53(35)43(55)38(25(4)8-2)51-45(57)59-6/h13-16,19-22,24-25,34-35,37-38H,7-12,17-18,23H2,1-6H3,(H,46,48)(H,47,49)(H,50,56)(H,51,57). The Balaban J connectivity index is 1.03. The molecule has 0 radical (unpaired) electrons. The molecule has 60 heavy (non-hydrogen) atoms. The first-order chi connectivity index (χ1) is 29.0. The molecule has 6 unspecified atom stereocenters. The lowest BCUT2D eigenvalue weighted by molar-refractivity contribution is -0.136. The van der Waals surface area contributed by atoms with E-state index in [1.165, 1.54) is 14.2 Å². The highest BCUT2D eigenvalue weighted by Crippen LogP contribution is 2.43. The van der Waals surface area contributed by atoms with Gasteiger partial charge in [0.1, 0.15) is 36.1 Å². The first-order valence-corrected chi connectivity index (χ1v) is 21.1. The van der Waals surface area contributed by atoms with Crippen LogP contribution < -0.4 is 15.4 Å². The highest BCUT2D eigenvalue weighted by atomic mass is 16.5. The molecule has 2 fully saturated rings. The monoisotopic (exact) mass is 818 g/mol. The van der Waals surface area contributed by atoms with Crippen molar-refractivity contribution in [2.24, 2.45) is 11.8 Å². The second-order valence-corrected chi connectivity index (χ2v) is 16.4. The highest BCUT2D eigenvalue weighted by molar-refractivity contribution is 6.07. The van der Waals surface area contributed by atoms with Crippen LogP contribution in [0.15, 0.2) is 48.7 Å². The summed E-state index contributed by atoms with van der Waals surface area (Å²) < 4.78 is 16.1. The van der Waals surface area contributed by atoms with Gasteiger partial charge in [0.05, 0.1) is 49.2 Å². The molecule has 0 spiro atoms. The molecular weight excluding hydrogens is 765 g/mol. The summed E-state index contributed by atoms with van der Waals surface area (Å²) in [6.07, 6.45) is 5.24. The molecule has 5 heterocycles. The molecule has 3 aliphatic heterocycles. The summed E-state index contributed by atoms with van der Waals surface area (Å²) in [5, 5.41) is 7.50. The van der Waals surface area contributed by atoms with Gasteiger partial charge in [0.15, 0.2) is 0 Å². The SMILES string of the molecule is CCC(C)C(NC(=O)OC)C(=O)N1CCCC1c1ncc(-c2ccc3c(c2)COc2cc4c(ccc5[nH]c(C6CCCN6C(=O)C(NC(=O)OC)C(C)CC)nc54)cc2-3)[nH]1. The molecule has 2 aromatic heterocycles. The van der Waals surface area contributed by atoms with E-state index >= 15 is 0 Å². The molecule has 6 atom stereocenters. The minimum atomic E-state index is -0.695. The van der Waals surface area contributed by atoms with Crippen molar-refractivity contribution in [2.45, 2.75) is 97.0 Å². The number of nitrogens with one attached hydrogen (secondary N) is 4. The maximum Gasteiger partial charge on any atom is 0.407 e. The van der Waals surface area contributed by atoms with Crippen LogP contribution in [0, 0.1) is 11.8 Å². The maximum absolute atomic E-state index is 13.9. The Morgan fingerprint density at radius 3 is 2.07 bits per heavy atom. The summed E-state index contributed by atoms with van der Waals surface area (Å²) in [4.78, 5) is 72.5. The summed E-state index contributed by atoms with van der Waals surface area (Å²) in [7, 11) is 2.60. The summed E-state index contributed by atoms with van der Waals surface area (Å²) in [6, 6.07) is 12.8. The van der Waals surface area contributed by atoms with Crippen LogP contribution in [0.25, 0.3) is 44.2 Å². The van der Waals surface area contributed by atoms with Gasteiger partial charge < -0.3 is 44.6 Å². The molecule has 316 valence electrons. The molecule has 4 amide bonds. The van der Waals surface area contributed by atoms with Gasteiger partial charge >= 0.3 is 12.2 Å². The summed E-state index contributed by atoms with van der Waals surface area (Å²) in [5.74, 6) is 1.82. The fourth-order valence-corrected chi connectivity index (χ4v) is 9.01. The first-order valence-electron chi connectivity index (χ1n) is 21.1. The number of amides is 4. The van der Waals surface area contributed by atoms with Gasteiger partial charge in [-0.05, 0) is 83.9 Å². The van der Waals surface area contributed by atoms with Gasteiger partial charge in [-0.25, -0.2) is 19.6 Å². The van der Waals surface area contributed by atoms with Crippen molar-refractivity contribution >= 4 is 45.8 Å². The number of H-pyrrole nitrogens is 2. The highest BCUT2D eigenvalue weighted by Gasteiger charge is 2.40.